The van der Waals surface area contributed by atoms with Gasteiger partial charge in [0.05, 0.1) is 11.1 Å². The van der Waals surface area contributed by atoms with Crippen LogP contribution in [-0.2, 0) is 25.9 Å². The van der Waals surface area contributed by atoms with Crippen molar-refractivity contribution in [3.05, 3.63) is 140 Å². The van der Waals surface area contributed by atoms with Crippen LogP contribution in [0.4, 0.5) is 22.4 Å². The molecule has 11 nitrogen and oxygen atoms in total. The monoisotopic (exact) mass is 999 g/mol. The molecule has 8 rings (SSSR count). The van der Waals surface area contributed by atoms with Crippen LogP contribution in [0.25, 0.3) is 0 Å². The normalized spacial score (nSPS) is 16.9. The number of rotatable bonds is 5. The zero-order valence-electron chi connectivity index (χ0n) is 37.0. The Morgan fingerprint density at radius 1 is 0.719 bits per heavy atom. The number of urea groups is 1. The molecule has 2 heterocycles. The van der Waals surface area contributed by atoms with Gasteiger partial charge in [0.1, 0.15) is 23.3 Å². The topological polar surface area (TPSA) is 191 Å². The van der Waals surface area contributed by atoms with Gasteiger partial charge in [0.15, 0.2) is 11.6 Å². The summed E-state index contributed by atoms with van der Waals surface area (Å²) in [5.41, 5.74) is 20.6. The van der Waals surface area contributed by atoms with E-state index in [2.05, 4.69) is 10.6 Å². The molecule has 2 aliphatic carbocycles. The third kappa shape index (κ3) is 11.5. The van der Waals surface area contributed by atoms with Crippen molar-refractivity contribution < 1.29 is 42.9 Å². The number of halogens is 5. The van der Waals surface area contributed by atoms with E-state index in [1.165, 1.54) is 42.5 Å². The molecule has 0 unspecified atom stereocenters. The SMILES string of the molecule is Cc1c(CN)ccc(F)c1C(N)=O.Cc1c(CNC(=O)N2CCC3(CC2)CC(=O)c2cc(F)ccc2C3)ccc(F)c1C(N)=O.O=C1CC2(CCNCC2)Cc2ccc(F)cc21.[2H]CI. The van der Waals surface area contributed by atoms with Crippen LogP contribution in [0, 0.1) is 47.9 Å². The highest BCUT2D eigenvalue weighted by Gasteiger charge is 2.42. The van der Waals surface area contributed by atoms with E-state index in [0.717, 1.165) is 49.0 Å². The number of ketones is 2. The average Bonchev–Trinajstić information content (AvgIpc) is 3.25. The second-order valence-electron chi connectivity index (χ2n) is 16.9. The Bertz CT molecular complexity index is 2440. The second kappa shape index (κ2) is 21.7. The molecule has 0 aromatic heterocycles. The Kier molecular flexibility index (Phi) is 16.3. The van der Waals surface area contributed by atoms with Crippen molar-refractivity contribution >= 4 is 52.0 Å². The summed E-state index contributed by atoms with van der Waals surface area (Å²) in [5, 5.41) is 6.15. The predicted octanol–water partition coefficient (Wildman–Crippen LogP) is 7.56. The minimum atomic E-state index is -0.846. The summed E-state index contributed by atoms with van der Waals surface area (Å²) >= 11 is 1.96. The lowest BCUT2D eigenvalue weighted by molar-refractivity contribution is 0.0733. The van der Waals surface area contributed by atoms with Crippen molar-refractivity contribution in [2.24, 2.45) is 28.0 Å². The number of nitrogens with one attached hydrogen (secondary N) is 2. The van der Waals surface area contributed by atoms with E-state index < -0.39 is 29.3 Å². The Balaban J connectivity index is 0.000000200. The molecular weight excluding hydrogens is 943 g/mol. The number of hydrogen-bond donors (Lipinski definition) is 5. The fourth-order valence-corrected chi connectivity index (χ4v) is 9.32. The average molecular weight is 1000 g/mol. The standard InChI is InChI=1S/C24H25F2N3O3.C14H16FNO.C9H11FN2O.CH3I/c1-14-16(3-5-19(26)21(14)22(27)31)13-28-23(32)29-8-6-24(7-9-29)11-15-2-4-17(25)10-18(15)20(30)12-24;15-11-2-1-10-8-14(3-5-16-6-4-14)9-13(17)12(10)7-11;1-5-6(4-11)2-3-7(10)8(5)9(12)13;1-2/h2-5,10H,6-9,11-13H2,1H3,(H2,27,31)(H,28,32);1-2,7,16H,3-6,8-9H2;2-3H,4,11H2,1H3,(H2,12,13);1H3/i;;;1D. The Hall–Kier alpha value is -5.20. The van der Waals surface area contributed by atoms with Crippen LogP contribution in [-0.4, -0.2) is 65.4 Å². The first-order chi connectivity index (χ1) is 30.9. The number of primary amides is 2. The molecule has 4 amide bonds. The Morgan fingerprint density at radius 3 is 1.61 bits per heavy atom. The molecule has 342 valence electrons. The summed E-state index contributed by atoms with van der Waals surface area (Å²) in [6.45, 7) is 6.63. The third-order valence-corrected chi connectivity index (χ3v) is 12.9. The molecule has 8 N–H and O–H groups in total. The van der Waals surface area contributed by atoms with E-state index in [1.807, 2.05) is 22.6 Å². The fraction of sp³-hybridized carbons (Fsp3) is 0.396. The highest BCUT2D eigenvalue weighted by Crippen LogP contribution is 2.44. The molecule has 2 fully saturated rings. The van der Waals surface area contributed by atoms with Gasteiger partial charge in [-0.1, -0.05) is 46.9 Å². The number of amides is 4. The number of carbonyl (C=O) groups is 5. The van der Waals surface area contributed by atoms with Crippen LogP contribution in [0.15, 0.2) is 60.7 Å². The number of benzene rings is 4. The van der Waals surface area contributed by atoms with E-state index in [0.29, 0.717) is 77.9 Å². The fourth-order valence-electron chi connectivity index (χ4n) is 9.32. The number of fused-ring (bicyclic) bond motifs is 2. The maximum atomic E-state index is 13.8. The number of nitrogens with two attached hydrogens (primary N) is 3. The molecule has 2 saturated heterocycles. The first-order valence-electron chi connectivity index (χ1n) is 21.7. The third-order valence-electron chi connectivity index (χ3n) is 12.9. The summed E-state index contributed by atoms with van der Waals surface area (Å²) in [7, 11) is 0. The van der Waals surface area contributed by atoms with E-state index in [4.69, 9.17) is 18.6 Å². The largest absolute Gasteiger partial charge is 0.365 e. The van der Waals surface area contributed by atoms with Crippen molar-refractivity contribution in [2.75, 3.05) is 31.1 Å². The van der Waals surface area contributed by atoms with Crippen molar-refractivity contribution in [2.45, 2.75) is 78.3 Å². The number of hydrogen-bond acceptors (Lipinski definition) is 7. The smallest absolute Gasteiger partial charge is 0.317 e. The minimum absolute atomic E-state index is 0.0410. The van der Waals surface area contributed by atoms with E-state index >= 15 is 0 Å². The van der Waals surface area contributed by atoms with Crippen molar-refractivity contribution in [3.8, 4) is 0 Å². The molecule has 0 atom stereocenters. The molecule has 0 bridgehead atoms. The predicted molar refractivity (Wildman–Crippen MR) is 245 cm³/mol. The summed E-state index contributed by atoms with van der Waals surface area (Å²) in [6, 6.07) is 14.2. The first kappa shape index (κ1) is 48.3. The number of piperidine rings is 2. The van der Waals surface area contributed by atoms with Crippen molar-refractivity contribution in [1.82, 2.24) is 15.5 Å². The molecule has 4 aromatic carbocycles. The van der Waals surface area contributed by atoms with Gasteiger partial charge >= 0.3 is 6.03 Å². The maximum absolute atomic E-state index is 13.8. The maximum Gasteiger partial charge on any atom is 0.317 e. The lowest BCUT2D eigenvalue weighted by Gasteiger charge is -2.44. The summed E-state index contributed by atoms with van der Waals surface area (Å²) in [5.74, 6) is -3.52. The van der Waals surface area contributed by atoms with Crippen molar-refractivity contribution in [3.63, 3.8) is 0 Å². The van der Waals surface area contributed by atoms with Gasteiger partial charge in [-0.3, -0.25) is 19.2 Å². The number of alkyl halides is 1. The summed E-state index contributed by atoms with van der Waals surface area (Å²) in [4.78, 5) is 61.9. The molecular formula is C48H55F4IN6O5. The van der Waals surface area contributed by atoms with Crippen LogP contribution < -0.4 is 27.8 Å². The highest BCUT2D eigenvalue weighted by molar-refractivity contribution is 14.1. The van der Waals surface area contributed by atoms with Gasteiger partial charge in [0.2, 0.25) is 0 Å². The van der Waals surface area contributed by atoms with Gasteiger partial charge in [-0.15, -0.1) is 0 Å². The van der Waals surface area contributed by atoms with Gasteiger partial charge in [0, 0.05) is 51.5 Å². The van der Waals surface area contributed by atoms with Crippen LogP contribution in [0.5, 0.6) is 0 Å². The summed E-state index contributed by atoms with van der Waals surface area (Å²) < 4.78 is 59.8. The van der Waals surface area contributed by atoms with E-state index in [-0.39, 0.29) is 58.5 Å². The minimum Gasteiger partial charge on any atom is -0.365 e. The van der Waals surface area contributed by atoms with Crippen LogP contribution in [0.1, 0.15) is 115 Å². The zero-order chi connectivity index (χ0) is 47.6. The number of nitrogens with zero attached hydrogens (tertiary/aromatic N) is 1. The Morgan fingerprint density at radius 2 is 1.16 bits per heavy atom. The molecule has 64 heavy (non-hydrogen) atoms. The summed E-state index contributed by atoms with van der Waals surface area (Å²) in [6.07, 6.45) is 6.05. The lowest BCUT2D eigenvalue weighted by atomic mass is 9.66. The molecule has 2 aliphatic heterocycles. The van der Waals surface area contributed by atoms with E-state index in [1.54, 1.807) is 36.9 Å². The second-order valence-corrected chi connectivity index (χ2v) is 16.9. The zero-order valence-corrected chi connectivity index (χ0v) is 38.1. The quantitative estimate of drug-likeness (QED) is 0.0775. The lowest BCUT2D eigenvalue weighted by Crippen LogP contribution is -2.49. The Labute approximate surface area is 385 Å². The van der Waals surface area contributed by atoms with Gasteiger partial charge in [-0.05, 0) is 151 Å². The molecule has 2 spiro atoms. The van der Waals surface area contributed by atoms with Gasteiger partial charge in [0.25, 0.3) is 11.8 Å². The molecule has 4 aliphatic rings. The van der Waals surface area contributed by atoms with E-state index in [9.17, 15) is 41.5 Å². The highest BCUT2D eigenvalue weighted by atomic mass is 127. The number of carbonyl (C=O) groups excluding carboxylic acids is 5. The molecule has 0 saturated carbocycles. The molecule has 16 heteroatoms. The number of Topliss-reactive ketones (excluding diaryl/α,β-unsaturated/α-hetero) is 2. The van der Waals surface area contributed by atoms with Crippen LogP contribution in [0.2, 0.25) is 0 Å². The van der Waals surface area contributed by atoms with Crippen molar-refractivity contribution in [1.29, 1.82) is 0 Å². The van der Waals surface area contributed by atoms with Gasteiger partial charge in [-0.25, -0.2) is 22.4 Å². The number of likely N-dealkylation sites (tertiary alicyclic amines) is 1. The van der Waals surface area contributed by atoms with Crippen LogP contribution in [0.3, 0.4) is 0 Å². The van der Waals surface area contributed by atoms with Gasteiger partial charge < -0.3 is 32.7 Å². The van der Waals surface area contributed by atoms with Gasteiger partial charge in [-0.2, -0.15) is 0 Å². The molecule has 0 radical (unpaired) electrons. The molecule has 4 aromatic rings. The first-order valence-corrected chi connectivity index (χ1v) is 22.5. The van der Waals surface area contributed by atoms with Crippen LogP contribution >= 0.6 is 22.6 Å².